The van der Waals surface area contributed by atoms with Crippen molar-refractivity contribution in [2.45, 2.75) is 50.4 Å². The number of aliphatic carboxylic acids is 1. The molecule has 0 saturated carbocycles. The number of rotatable bonds is 8. The van der Waals surface area contributed by atoms with Crippen molar-refractivity contribution in [2.75, 3.05) is 13.2 Å². The topological polar surface area (TPSA) is 114 Å². The third-order valence-corrected chi connectivity index (χ3v) is 6.25. The molecule has 1 saturated heterocycles. The second kappa shape index (κ2) is 10.0. The molecular weight excluding hydrogens is 424 g/mol. The molecule has 4 rings (SSSR count). The van der Waals surface area contributed by atoms with Crippen LogP contribution in [0.4, 0.5) is 4.79 Å². The van der Waals surface area contributed by atoms with Crippen molar-refractivity contribution in [3.8, 4) is 11.1 Å². The number of carboxylic acid groups (broad SMARTS) is 1. The Morgan fingerprint density at radius 2 is 1.70 bits per heavy atom. The molecule has 2 amide bonds. The molecule has 8 heteroatoms. The fourth-order valence-corrected chi connectivity index (χ4v) is 4.51. The average Bonchev–Trinajstić information content (AvgIpc) is 3.43. The lowest BCUT2D eigenvalue weighted by molar-refractivity contribution is -0.149. The number of carbonyl (C=O) groups excluding carboxylic acids is 2. The van der Waals surface area contributed by atoms with Crippen LogP contribution in [0.3, 0.4) is 0 Å². The van der Waals surface area contributed by atoms with Gasteiger partial charge in [-0.05, 0) is 41.5 Å². The first-order valence-electron chi connectivity index (χ1n) is 11.3. The molecule has 174 valence electrons. The number of amides is 2. The lowest BCUT2D eigenvalue weighted by Gasteiger charge is -2.19. The van der Waals surface area contributed by atoms with Gasteiger partial charge in [0.2, 0.25) is 5.91 Å². The maximum Gasteiger partial charge on any atom is 0.407 e. The summed E-state index contributed by atoms with van der Waals surface area (Å²) in [6.45, 7) is 2.16. The SMILES string of the molecule is CCC(NC(=O)OCC1c2ccccc2-c2ccccc21)C(=O)NCC1CCC(C(=O)O)O1. The minimum Gasteiger partial charge on any atom is -0.479 e. The summed E-state index contributed by atoms with van der Waals surface area (Å²) in [5, 5.41) is 14.4. The highest BCUT2D eigenvalue weighted by Crippen LogP contribution is 2.44. The summed E-state index contributed by atoms with van der Waals surface area (Å²) in [6.07, 6.45) is -0.449. The maximum atomic E-state index is 12.5. The third-order valence-electron chi connectivity index (χ3n) is 6.25. The summed E-state index contributed by atoms with van der Waals surface area (Å²) < 4.78 is 10.9. The zero-order valence-corrected chi connectivity index (χ0v) is 18.5. The summed E-state index contributed by atoms with van der Waals surface area (Å²) in [5.41, 5.74) is 4.53. The third kappa shape index (κ3) is 5.01. The normalized spacial score (nSPS) is 19.9. The van der Waals surface area contributed by atoms with E-state index in [-0.39, 0.29) is 31.1 Å². The van der Waals surface area contributed by atoms with Gasteiger partial charge in [-0.15, -0.1) is 0 Å². The minimum atomic E-state index is -0.993. The molecule has 8 nitrogen and oxygen atoms in total. The number of hydrogen-bond donors (Lipinski definition) is 3. The number of nitrogens with one attached hydrogen (secondary N) is 2. The predicted octanol–water partition coefficient (Wildman–Crippen LogP) is 3.05. The number of fused-ring (bicyclic) bond motifs is 3. The summed E-state index contributed by atoms with van der Waals surface area (Å²) >= 11 is 0. The van der Waals surface area contributed by atoms with Gasteiger partial charge in [0, 0.05) is 12.5 Å². The highest BCUT2D eigenvalue weighted by molar-refractivity contribution is 5.85. The summed E-state index contributed by atoms with van der Waals surface area (Å²) in [6, 6.07) is 15.4. The van der Waals surface area contributed by atoms with E-state index < -0.39 is 24.2 Å². The molecule has 1 fully saturated rings. The zero-order valence-electron chi connectivity index (χ0n) is 18.5. The van der Waals surface area contributed by atoms with Crippen molar-refractivity contribution in [3.63, 3.8) is 0 Å². The van der Waals surface area contributed by atoms with Crippen LogP contribution in [0, 0.1) is 0 Å². The molecule has 1 aliphatic carbocycles. The minimum absolute atomic E-state index is 0.0567. The predicted molar refractivity (Wildman–Crippen MR) is 121 cm³/mol. The molecule has 3 atom stereocenters. The molecule has 33 heavy (non-hydrogen) atoms. The maximum absolute atomic E-state index is 12.5. The number of ether oxygens (including phenoxy) is 2. The molecule has 0 bridgehead atoms. The summed E-state index contributed by atoms with van der Waals surface area (Å²) in [4.78, 5) is 36.0. The Kier molecular flexibility index (Phi) is 6.93. The molecule has 3 N–H and O–H groups in total. The highest BCUT2D eigenvalue weighted by atomic mass is 16.5. The Hall–Kier alpha value is -3.39. The van der Waals surface area contributed by atoms with Gasteiger partial charge in [-0.1, -0.05) is 55.5 Å². The lowest BCUT2D eigenvalue weighted by Crippen LogP contribution is -2.48. The molecule has 3 unspecified atom stereocenters. The van der Waals surface area contributed by atoms with E-state index in [0.717, 1.165) is 22.3 Å². The van der Waals surface area contributed by atoms with Gasteiger partial charge >= 0.3 is 12.1 Å². The van der Waals surface area contributed by atoms with E-state index in [4.69, 9.17) is 14.6 Å². The fourth-order valence-electron chi connectivity index (χ4n) is 4.51. The van der Waals surface area contributed by atoms with Crippen LogP contribution in [0.2, 0.25) is 0 Å². The Balaban J connectivity index is 1.29. The first kappa shape index (κ1) is 22.8. The molecule has 2 aromatic rings. The van der Waals surface area contributed by atoms with Crippen LogP contribution in [0.25, 0.3) is 11.1 Å². The monoisotopic (exact) mass is 452 g/mol. The van der Waals surface area contributed by atoms with Crippen molar-refractivity contribution < 1.29 is 29.0 Å². The van der Waals surface area contributed by atoms with Crippen LogP contribution >= 0.6 is 0 Å². The van der Waals surface area contributed by atoms with Crippen LogP contribution < -0.4 is 10.6 Å². The molecule has 0 radical (unpaired) electrons. The average molecular weight is 453 g/mol. The van der Waals surface area contributed by atoms with Gasteiger partial charge in [0.1, 0.15) is 12.6 Å². The van der Waals surface area contributed by atoms with E-state index >= 15 is 0 Å². The second-order valence-electron chi connectivity index (χ2n) is 8.34. The van der Waals surface area contributed by atoms with Gasteiger partial charge in [-0.25, -0.2) is 9.59 Å². The standard InChI is InChI=1S/C25H28N2O6/c1-2-21(23(28)26-13-15-11-12-22(33-15)24(29)30)27-25(31)32-14-20-18-9-5-3-7-16(18)17-8-4-6-10-19(17)20/h3-10,15,20-22H,2,11-14H2,1H3,(H,26,28)(H,27,31)(H,29,30). The van der Waals surface area contributed by atoms with Crippen molar-refractivity contribution >= 4 is 18.0 Å². The fraction of sp³-hybridized carbons (Fsp3) is 0.400. The molecule has 0 spiro atoms. The Morgan fingerprint density at radius 3 is 2.27 bits per heavy atom. The van der Waals surface area contributed by atoms with Gasteiger partial charge in [-0.2, -0.15) is 0 Å². The van der Waals surface area contributed by atoms with E-state index in [2.05, 4.69) is 22.8 Å². The van der Waals surface area contributed by atoms with E-state index in [1.54, 1.807) is 6.92 Å². The Morgan fingerprint density at radius 1 is 1.06 bits per heavy atom. The van der Waals surface area contributed by atoms with Crippen LogP contribution in [0.1, 0.15) is 43.2 Å². The highest BCUT2D eigenvalue weighted by Gasteiger charge is 2.32. The van der Waals surface area contributed by atoms with Crippen molar-refractivity contribution in [1.82, 2.24) is 10.6 Å². The van der Waals surface area contributed by atoms with Crippen LogP contribution in [-0.2, 0) is 19.1 Å². The molecule has 2 aliphatic rings. The van der Waals surface area contributed by atoms with Crippen molar-refractivity contribution in [3.05, 3.63) is 59.7 Å². The van der Waals surface area contributed by atoms with Gasteiger partial charge < -0.3 is 25.2 Å². The number of carbonyl (C=O) groups is 3. The largest absolute Gasteiger partial charge is 0.479 e. The van der Waals surface area contributed by atoms with E-state index in [1.807, 2.05) is 36.4 Å². The lowest BCUT2D eigenvalue weighted by atomic mass is 9.98. The van der Waals surface area contributed by atoms with E-state index in [9.17, 15) is 14.4 Å². The zero-order chi connectivity index (χ0) is 23.4. The Labute approximate surface area is 192 Å². The molecule has 0 aromatic heterocycles. The summed E-state index contributed by atoms with van der Waals surface area (Å²) in [5.74, 6) is -1.40. The molecule has 2 aromatic carbocycles. The van der Waals surface area contributed by atoms with Crippen LogP contribution in [0.15, 0.2) is 48.5 Å². The van der Waals surface area contributed by atoms with Crippen LogP contribution in [0.5, 0.6) is 0 Å². The van der Waals surface area contributed by atoms with Gasteiger partial charge in [0.25, 0.3) is 0 Å². The van der Waals surface area contributed by atoms with E-state index in [1.165, 1.54) is 0 Å². The number of alkyl carbamates (subject to hydrolysis) is 1. The first-order chi connectivity index (χ1) is 16.0. The summed E-state index contributed by atoms with van der Waals surface area (Å²) in [7, 11) is 0. The number of benzene rings is 2. The number of hydrogen-bond acceptors (Lipinski definition) is 5. The van der Waals surface area contributed by atoms with Crippen LogP contribution in [-0.4, -0.2) is 54.5 Å². The number of carboxylic acids is 1. The van der Waals surface area contributed by atoms with Crippen molar-refractivity contribution in [1.29, 1.82) is 0 Å². The second-order valence-corrected chi connectivity index (χ2v) is 8.34. The van der Waals surface area contributed by atoms with Gasteiger partial charge in [0.05, 0.1) is 6.10 Å². The van der Waals surface area contributed by atoms with Gasteiger partial charge in [0.15, 0.2) is 6.10 Å². The van der Waals surface area contributed by atoms with Gasteiger partial charge in [-0.3, -0.25) is 4.79 Å². The Bertz CT molecular complexity index is 994. The molecule has 1 aliphatic heterocycles. The molecular formula is C25H28N2O6. The first-order valence-corrected chi connectivity index (χ1v) is 11.3. The molecule has 1 heterocycles. The smallest absolute Gasteiger partial charge is 0.407 e. The quantitative estimate of drug-likeness (QED) is 0.567. The van der Waals surface area contributed by atoms with E-state index in [0.29, 0.717) is 19.3 Å². The van der Waals surface area contributed by atoms with Crippen molar-refractivity contribution in [2.24, 2.45) is 0 Å².